The highest BCUT2D eigenvalue weighted by atomic mass is 32.2. The summed E-state index contributed by atoms with van der Waals surface area (Å²) >= 11 is 0. The monoisotopic (exact) mass is 457 g/mol. The summed E-state index contributed by atoms with van der Waals surface area (Å²) in [4.78, 5) is 25.0. The van der Waals surface area contributed by atoms with Gasteiger partial charge in [0.05, 0.1) is 10.6 Å². The number of hydrogen-bond acceptors (Lipinski definition) is 5. The van der Waals surface area contributed by atoms with Crippen molar-refractivity contribution in [1.82, 2.24) is 4.31 Å². The quantitative estimate of drug-likeness (QED) is 0.734. The molecule has 8 nitrogen and oxygen atoms in total. The third-order valence-corrected chi connectivity index (χ3v) is 8.00. The third kappa shape index (κ3) is 3.98. The fraction of sp³-hybridized carbons (Fsp3) is 0.391. The predicted molar refractivity (Wildman–Crippen MR) is 121 cm³/mol. The molecular formula is C23H27N3O5S. The number of fused-ring (bicyclic) bond motifs is 1. The fourth-order valence-corrected chi connectivity index (χ4v) is 6.00. The average Bonchev–Trinajstić information content (AvgIpc) is 3.22. The molecule has 4 rings (SSSR count). The Balaban J connectivity index is 1.63. The van der Waals surface area contributed by atoms with Crippen LogP contribution in [0.5, 0.6) is 5.75 Å². The van der Waals surface area contributed by atoms with Crippen molar-refractivity contribution < 1.29 is 22.7 Å². The summed E-state index contributed by atoms with van der Waals surface area (Å²) in [5.74, 6) is -0.320. The lowest BCUT2D eigenvalue weighted by atomic mass is 10.1. The number of anilines is 2. The highest BCUT2D eigenvalue weighted by Crippen LogP contribution is 2.37. The topological polar surface area (TPSA) is 105 Å². The van der Waals surface area contributed by atoms with Crippen LogP contribution >= 0.6 is 0 Å². The smallest absolute Gasteiger partial charge is 0.265 e. The largest absolute Gasteiger partial charge is 0.479 e. The Kier molecular flexibility index (Phi) is 5.72. The molecule has 0 aliphatic carbocycles. The van der Waals surface area contributed by atoms with E-state index in [2.05, 4.69) is 10.6 Å². The van der Waals surface area contributed by atoms with Crippen LogP contribution in [-0.2, 0) is 19.6 Å². The Labute approximate surface area is 188 Å². The second kappa shape index (κ2) is 8.22. The zero-order valence-corrected chi connectivity index (χ0v) is 19.4. The minimum atomic E-state index is -3.96. The molecular weight excluding hydrogens is 430 g/mol. The minimum Gasteiger partial charge on any atom is -0.479 e. The number of benzene rings is 2. The lowest BCUT2D eigenvalue weighted by Crippen LogP contribution is -2.43. The molecule has 2 aliphatic heterocycles. The number of carbonyl (C=O) groups is 2. The first-order valence-corrected chi connectivity index (χ1v) is 12.0. The van der Waals surface area contributed by atoms with E-state index in [1.807, 2.05) is 32.0 Å². The first kappa shape index (κ1) is 22.3. The molecule has 0 radical (unpaired) electrons. The normalized spacial score (nSPS) is 20.9. The van der Waals surface area contributed by atoms with Gasteiger partial charge in [-0.15, -0.1) is 0 Å². The molecule has 2 amide bonds. The maximum absolute atomic E-state index is 13.6. The lowest BCUT2D eigenvalue weighted by molar-refractivity contribution is -0.122. The van der Waals surface area contributed by atoms with Crippen molar-refractivity contribution in [1.29, 1.82) is 0 Å². The molecule has 2 atom stereocenters. The molecule has 2 aromatic rings. The Morgan fingerprint density at radius 2 is 1.91 bits per heavy atom. The van der Waals surface area contributed by atoms with E-state index in [0.717, 1.165) is 11.1 Å². The van der Waals surface area contributed by atoms with Crippen molar-refractivity contribution in [3.8, 4) is 5.75 Å². The average molecular weight is 458 g/mol. The van der Waals surface area contributed by atoms with E-state index in [1.165, 1.54) is 10.4 Å². The van der Waals surface area contributed by atoms with E-state index in [9.17, 15) is 18.0 Å². The van der Waals surface area contributed by atoms with Crippen LogP contribution < -0.4 is 15.4 Å². The van der Waals surface area contributed by atoms with Crippen LogP contribution in [0.4, 0.5) is 11.4 Å². The SMILES string of the molecule is Cc1ccc(C)c(NC(=O)[C@@H]2CCCN2S(=O)(=O)c2cc3c(cc2C)NC(=O)[C@@H](C)O3)c1. The van der Waals surface area contributed by atoms with E-state index in [-0.39, 0.29) is 23.3 Å². The standard InChI is InChI=1S/C23H27N3O5S/c1-13-7-8-14(2)17(10-13)24-23(28)19-6-5-9-26(19)32(29,30)21-12-20-18(11-15(21)3)25-22(27)16(4)31-20/h7-8,10-12,16,19H,5-6,9H2,1-4H3,(H,24,28)(H,25,27)/t16-,19+/m1/s1. The molecule has 170 valence electrons. The number of amides is 2. The zero-order valence-electron chi connectivity index (χ0n) is 18.6. The molecule has 2 heterocycles. The number of ether oxygens (including phenoxy) is 1. The van der Waals surface area contributed by atoms with Crippen molar-refractivity contribution in [3.05, 3.63) is 47.0 Å². The maximum Gasteiger partial charge on any atom is 0.265 e. The van der Waals surface area contributed by atoms with Gasteiger partial charge in [-0.2, -0.15) is 4.31 Å². The molecule has 2 aromatic carbocycles. The number of hydrogen-bond donors (Lipinski definition) is 2. The number of nitrogens with zero attached hydrogens (tertiary/aromatic N) is 1. The summed E-state index contributed by atoms with van der Waals surface area (Å²) in [5, 5.41) is 5.63. The molecule has 32 heavy (non-hydrogen) atoms. The van der Waals surface area contributed by atoms with Crippen LogP contribution in [0.1, 0.15) is 36.5 Å². The molecule has 9 heteroatoms. The lowest BCUT2D eigenvalue weighted by Gasteiger charge is -2.27. The Morgan fingerprint density at radius 3 is 2.66 bits per heavy atom. The van der Waals surface area contributed by atoms with Crippen molar-refractivity contribution in [2.75, 3.05) is 17.2 Å². The van der Waals surface area contributed by atoms with Crippen LogP contribution in [0.3, 0.4) is 0 Å². The van der Waals surface area contributed by atoms with Gasteiger partial charge in [0.1, 0.15) is 11.8 Å². The molecule has 0 spiro atoms. The van der Waals surface area contributed by atoms with Crippen LogP contribution in [-0.4, -0.2) is 43.2 Å². The first-order chi connectivity index (χ1) is 15.1. The molecule has 2 N–H and O–H groups in total. The van der Waals surface area contributed by atoms with E-state index in [4.69, 9.17) is 4.74 Å². The first-order valence-electron chi connectivity index (χ1n) is 10.6. The third-order valence-electron chi connectivity index (χ3n) is 5.95. The van der Waals surface area contributed by atoms with Gasteiger partial charge in [0.15, 0.2) is 6.10 Å². The summed E-state index contributed by atoms with van der Waals surface area (Å²) in [6.07, 6.45) is 0.324. The van der Waals surface area contributed by atoms with Gasteiger partial charge in [0, 0.05) is 18.3 Å². The fourth-order valence-electron chi connectivity index (χ4n) is 4.12. The van der Waals surface area contributed by atoms with Crippen LogP contribution in [0.2, 0.25) is 0 Å². The molecule has 0 bridgehead atoms. The second-order valence-corrected chi connectivity index (χ2v) is 10.3. The van der Waals surface area contributed by atoms with Crippen LogP contribution in [0.25, 0.3) is 0 Å². The molecule has 1 fully saturated rings. The summed E-state index contributed by atoms with van der Waals surface area (Å²) in [7, 11) is -3.96. The van der Waals surface area contributed by atoms with Gasteiger partial charge < -0.3 is 15.4 Å². The Hall–Kier alpha value is -2.91. The highest BCUT2D eigenvalue weighted by molar-refractivity contribution is 7.89. The number of carbonyl (C=O) groups excluding carboxylic acids is 2. The molecule has 0 unspecified atom stereocenters. The summed E-state index contributed by atoms with van der Waals surface area (Å²) in [5.41, 5.74) is 3.52. The predicted octanol–water partition coefficient (Wildman–Crippen LogP) is 3.12. The molecule has 2 aliphatic rings. The van der Waals surface area contributed by atoms with E-state index < -0.39 is 22.2 Å². The van der Waals surface area contributed by atoms with Gasteiger partial charge in [-0.25, -0.2) is 8.42 Å². The number of rotatable bonds is 4. The second-order valence-electron chi connectivity index (χ2n) is 8.44. The van der Waals surface area contributed by atoms with Crippen molar-refractivity contribution in [3.63, 3.8) is 0 Å². The van der Waals surface area contributed by atoms with Crippen molar-refractivity contribution in [2.24, 2.45) is 0 Å². The van der Waals surface area contributed by atoms with Crippen molar-refractivity contribution >= 4 is 33.2 Å². The number of aryl methyl sites for hydroxylation is 3. The number of nitrogens with one attached hydrogen (secondary N) is 2. The molecule has 0 aromatic heterocycles. The van der Waals surface area contributed by atoms with E-state index >= 15 is 0 Å². The highest BCUT2D eigenvalue weighted by Gasteiger charge is 2.41. The van der Waals surface area contributed by atoms with Gasteiger partial charge in [-0.1, -0.05) is 12.1 Å². The van der Waals surface area contributed by atoms with Gasteiger partial charge in [-0.3, -0.25) is 9.59 Å². The summed E-state index contributed by atoms with van der Waals surface area (Å²) < 4.78 is 34.0. The summed E-state index contributed by atoms with van der Waals surface area (Å²) in [6, 6.07) is 7.99. The zero-order chi connectivity index (χ0) is 23.2. The van der Waals surface area contributed by atoms with E-state index in [0.29, 0.717) is 35.5 Å². The minimum absolute atomic E-state index is 0.0750. The van der Waals surface area contributed by atoms with Crippen LogP contribution in [0.15, 0.2) is 35.2 Å². The van der Waals surface area contributed by atoms with Gasteiger partial charge >= 0.3 is 0 Å². The van der Waals surface area contributed by atoms with Gasteiger partial charge in [-0.05, 0) is 69.4 Å². The van der Waals surface area contributed by atoms with Crippen LogP contribution in [0, 0.1) is 20.8 Å². The van der Waals surface area contributed by atoms with Gasteiger partial charge in [0.25, 0.3) is 5.91 Å². The Morgan fingerprint density at radius 1 is 1.16 bits per heavy atom. The maximum atomic E-state index is 13.6. The molecule has 1 saturated heterocycles. The summed E-state index contributed by atoms with van der Waals surface area (Å²) in [6.45, 7) is 7.36. The Bertz CT molecular complexity index is 1210. The van der Waals surface area contributed by atoms with Gasteiger partial charge in [0.2, 0.25) is 15.9 Å². The van der Waals surface area contributed by atoms with E-state index in [1.54, 1.807) is 19.9 Å². The number of sulfonamides is 1. The van der Waals surface area contributed by atoms with Crippen molar-refractivity contribution in [2.45, 2.75) is 57.6 Å². The molecule has 0 saturated carbocycles.